The van der Waals surface area contributed by atoms with Crippen LogP contribution in [0.15, 0.2) is 36.2 Å². The van der Waals surface area contributed by atoms with E-state index in [1.807, 2.05) is 11.8 Å². The van der Waals surface area contributed by atoms with Crippen molar-refractivity contribution in [3.05, 3.63) is 47.4 Å². The summed E-state index contributed by atoms with van der Waals surface area (Å²) in [6.07, 6.45) is -2.17. The number of nitrogens with zero attached hydrogens (tertiary/aromatic N) is 3. The number of nitrogens with one attached hydrogen (secondary N) is 1. The molecule has 1 aromatic heterocycles. The first kappa shape index (κ1) is 19.0. The molecule has 1 aliphatic rings. The van der Waals surface area contributed by atoms with E-state index in [0.717, 1.165) is 29.0 Å². The minimum atomic E-state index is -4.51. The standard InChI is InChI=1S/C17H16F3N5OS/c1-9-15(27-14(8-26)25(9)2)13-3-4-22-16(24-13)23-12-6-10(17(18,19)20)5-11(21)7-12/h3-8,14H,21H2,1-2H3,(H,22,23,24). The fraction of sp³-hybridized carbons (Fsp3) is 0.235. The molecule has 3 rings (SSSR count). The molecule has 0 aliphatic carbocycles. The number of carbonyl (C=O) groups excluding carboxylic acids is 1. The Morgan fingerprint density at radius 3 is 2.70 bits per heavy atom. The van der Waals surface area contributed by atoms with Crippen LogP contribution in [0, 0.1) is 0 Å². The van der Waals surface area contributed by atoms with Crippen LogP contribution in [-0.4, -0.2) is 33.6 Å². The van der Waals surface area contributed by atoms with Gasteiger partial charge >= 0.3 is 6.18 Å². The van der Waals surface area contributed by atoms with Gasteiger partial charge in [-0.25, -0.2) is 9.97 Å². The van der Waals surface area contributed by atoms with E-state index in [0.29, 0.717) is 5.69 Å². The van der Waals surface area contributed by atoms with Crippen molar-refractivity contribution >= 4 is 40.3 Å². The van der Waals surface area contributed by atoms with Crippen molar-refractivity contribution in [3.8, 4) is 0 Å². The molecule has 27 heavy (non-hydrogen) atoms. The van der Waals surface area contributed by atoms with Crippen LogP contribution in [0.2, 0.25) is 0 Å². The lowest BCUT2D eigenvalue weighted by Gasteiger charge is -2.16. The van der Waals surface area contributed by atoms with Crippen molar-refractivity contribution < 1.29 is 18.0 Å². The van der Waals surface area contributed by atoms with Crippen molar-refractivity contribution in [1.82, 2.24) is 14.9 Å². The Morgan fingerprint density at radius 2 is 2.07 bits per heavy atom. The number of aldehydes is 1. The van der Waals surface area contributed by atoms with E-state index in [4.69, 9.17) is 5.73 Å². The Hall–Kier alpha value is -2.75. The molecule has 0 radical (unpaired) electrons. The number of carbonyl (C=O) groups is 1. The second kappa shape index (κ2) is 7.10. The average molecular weight is 395 g/mol. The van der Waals surface area contributed by atoms with Crippen LogP contribution < -0.4 is 11.1 Å². The minimum absolute atomic E-state index is 0.0242. The number of anilines is 3. The van der Waals surface area contributed by atoms with Crippen molar-refractivity contribution in [2.24, 2.45) is 0 Å². The molecule has 0 spiro atoms. The smallest absolute Gasteiger partial charge is 0.399 e. The van der Waals surface area contributed by atoms with Crippen LogP contribution in [-0.2, 0) is 11.0 Å². The van der Waals surface area contributed by atoms with Crippen LogP contribution >= 0.6 is 11.8 Å². The molecular weight excluding hydrogens is 379 g/mol. The number of alkyl halides is 3. The topological polar surface area (TPSA) is 84.1 Å². The number of nitrogens with two attached hydrogens (primary N) is 1. The summed E-state index contributed by atoms with van der Waals surface area (Å²) in [6.45, 7) is 1.87. The number of hydrogen-bond donors (Lipinski definition) is 2. The maximum Gasteiger partial charge on any atom is 0.416 e. The van der Waals surface area contributed by atoms with Gasteiger partial charge in [-0.15, -0.1) is 0 Å². The van der Waals surface area contributed by atoms with Gasteiger partial charge in [0.25, 0.3) is 0 Å². The van der Waals surface area contributed by atoms with E-state index in [1.54, 1.807) is 13.1 Å². The Labute approximate surface area is 157 Å². The van der Waals surface area contributed by atoms with Crippen LogP contribution in [0.1, 0.15) is 18.2 Å². The maximum atomic E-state index is 12.9. The molecule has 3 N–H and O–H groups in total. The van der Waals surface area contributed by atoms with Gasteiger partial charge in [0.1, 0.15) is 5.37 Å². The van der Waals surface area contributed by atoms with Crippen LogP contribution in [0.4, 0.5) is 30.5 Å². The second-order valence-electron chi connectivity index (χ2n) is 5.90. The van der Waals surface area contributed by atoms with Gasteiger partial charge in [-0.2, -0.15) is 13.2 Å². The predicted molar refractivity (Wildman–Crippen MR) is 99.0 cm³/mol. The maximum absolute atomic E-state index is 12.9. The average Bonchev–Trinajstić information content (AvgIpc) is 2.89. The summed E-state index contributed by atoms with van der Waals surface area (Å²) >= 11 is 1.35. The second-order valence-corrected chi connectivity index (χ2v) is 7.03. The van der Waals surface area contributed by atoms with Crippen LogP contribution in [0.25, 0.3) is 4.91 Å². The minimum Gasteiger partial charge on any atom is -0.399 e. The molecule has 0 fully saturated rings. The molecule has 0 saturated carbocycles. The Morgan fingerprint density at radius 1 is 1.33 bits per heavy atom. The van der Waals surface area contributed by atoms with Gasteiger partial charge in [0.2, 0.25) is 5.95 Å². The highest BCUT2D eigenvalue weighted by Crippen LogP contribution is 2.41. The number of halogens is 3. The molecule has 1 unspecified atom stereocenters. The van der Waals surface area contributed by atoms with Crippen molar-refractivity contribution in [3.63, 3.8) is 0 Å². The predicted octanol–water partition coefficient (Wildman–Crippen LogP) is 3.71. The lowest BCUT2D eigenvalue weighted by Crippen LogP contribution is -2.23. The van der Waals surface area contributed by atoms with Gasteiger partial charge in [-0.1, -0.05) is 11.8 Å². The quantitative estimate of drug-likeness (QED) is 0.603. The first-order valence-corrected chi connectivity index (χ1v) is 8.71. The fourth-order valence-electron chi connectivity index (χ4n) is 2.56. The summed E-state index contributed by atoms with van der Waals surface area (Å²) in [5.74, 6) is 0.129. The zero-order valence-corrected chi connectivity index (χ0v) is 15.2. The molecule has 6 nitrogen and oxygen atoms in total. The van der Waals surface area contributed by atoms with Gasteiger partial charge in [0.05, 0.1) is 16.2 Å². The number of hydrogen-bond acceptors (Lipinski definition) is 7. The molecule has 0 amide bonds. The zero-order valence-electron chi connectivity index (χ0n) is 14.4. The fourth-order valence-corrected chi connectivity index (χ4v) is 3.73. The molecule has 142 valence electrons. The molecule has 10 heteroatoms. The third-order valence-electron chi connectivity index (χ3n) is 4.02. The number of nitrogen functional groups attached to an aromatic ring is 1. The number of rotatable bonds is 4. The SMILES string of the molecule is CC1=C(c2ccnc(Nc3cc(N)cc(C(F)(F)F)c3)n2)SC(C=O)N1C. The highest BCUT2D eigenvalue weighted by Gasteiger charge is 2.31. The van der Waals surface area contributed by atoms with E-state index in [1.165, 1.54) is 24.0 Å². The van der Waals surface area contributed by atoms with Gasteiger partial charge < -0.3 is 20.7 Å². The normalized spacial score (nSPS) is 17.4. The van der Waals surface area contributed by atoms with Gasteiger partial charge in [0, 0.05) is 30.3 Å². The van der Waals surface area contributed by atoms with E-state index in [9.17, 15) is 18.0 Å². The Kier molecular flexibility index (Phi) is 5.01. The van der Waals surface area contributed by atoms with Crippen molar-refractivity contribution in [1.29, 1.82) is 0 Å². The Balaban J connectivity index is 1.90. The number of benzene rings is 1. The zero-order chi connectivity index (χ0) is 19.8. The summed E-state index contributed by atoms with van der Waals surface area (Å²) in [5, 5.41) is 2.42. The van der Waals surface area contributed by atoms with Gasteiger partial charge in [-0.3, -0.25) is 0 Å². The van der Waals surface area contributed by atoms with Crippen LogP contribution in [0.5, 0.6) is 0 Å². The third kappa shape index (κ3) is 4.00. The lowest BCUT2D eigenvalue weighted by molar-refractivity contribution is -0.137. The summed E-state index contributed by atoms with van der Waals surface area (Å²) in [6, 6.07) is 4.85. The third-order valence-corrected chi connectivity index (χ3v) is 5.43. The lowest BCUT2D eigenvalue weighted by atomic mass is 10.1. The van der Waals surface area contributed by atoms with E-state index >= 15 is 0 Å². The molecular formula is C17H16F3N5OS. The monoisotopic (exact) mass is 395 g/mol. The molecule has 2 heterocycles. The largest absolute Gasteiger partial charge is 0.416 e. The Bertz CT molecular complexity index is 916. The molecule has 1 aliphatic heterocycles. The summed E-state index contributed by atoms with van der Waals surface area (Å²) in [4.78, 5) is 22.2. The number of allylic oxidation sites excluding steroid dienone is 1. The van der Waals surface area contributed by atoms with E-state index in [-0.39, 0.29) is 22.7 Å². The number of thioether (sulfide) groups is 1. The summed E-state index contributed by atoms with van der Waals surface area (Å²) in [5.41, 5.74) is 6.28. The van der Waals surface area contributed by atoms with Crippen molar-refractivity contribution in [2.45, 2.75) is 18.5 Å². The summed E-state index contributed by atoms with van der Waals surface area (Å²) in [7, 11) is 1.81. The van der Waals surface area contributed by atoms with Gasteiger partial charge in [0.15, 0.2) is 6.29 Å². The number of aromatic nitrogens is 2. The highest BCUT2D eigenvalue weighted by atomic mass is 32.2. The van der Waals surface area contributed by atoms with Gasteiger partial charge in [-0.05, 0) is 31.2 Å². The van der Waals surface area contributed by atoms with Crippen LogP contribution in [0.3, 0.4) is 0 Å². The molecule has 1 atom stereocenters. The molecule has 2 aromatic rings. The van der Waals surface area contributed by atoms with Crippen molar-refractivity contribution in [2.75, 3.05) is 18.1 Å². The molecule has 0 saturated heterocycles. The highest BCUT2D eigenvalue weighted by molar-refractivity contribution is 8.09. The first-order valence-electron chi connectivity index (χ1n) is 7.83. The van der Waals surface area contributed by atoms with E-state index in [2.05, 4.69) is 15.3 Å². The molecule has 0 bridgehead atoms. The van der Waals surface area contributed by atoms with E-state index < -0.39 is 11.7 Å². The first-order chi connectivity index (χ1) is 12.7. The molecule has 1 aromatic carbocycles. The number of likely N-dealkylation sites (N-methyl/N-ethyl adjacent to an activating group) is 1. The summed E-state index contributed by atoms with van der Waals surface area (Å²) < 4.78 is 38.8.